The Bertz CT molecular complexity index is 1190. The molecule has 1 aliphatic carbocycles. The highest BCUT2D eigenvalue weighted by atomic mass is 32.1. The molecule has 10 heteroatoms. The Labute approximate surface area is 228 Å². The fourth-order valence-corrected chi connectivity index (χ4v) is 5.85. The lowest BCUT2D eigenvalue weighted by Crippen LogP contribution is -2.41. The molecular formula is C28H38N6O3S. The molecule has 9 nitrogen and oxygen atoms in total. The lowest BCUT2D eigenvalue weighted by Gasteiger charge is -2.25. The fourth-order valence-electron chi connectivity index (χ4n) is 4.97. The normalized spacial score (nSPS) is 14.9. The average Bonchev–Trinajstić information content (AvgIpc) is 3.57. The largest absolute Gasteiger partial charge is 0.379 e. The third-order valence-electron chi connectivity index (χ3n) is 7.01. The van der Waals surface area contributed by atoms with Crippen LogP contribution in [0.25, 0.3) is 16.9 Å². The number of carbonyl (C=O) groups excluding carboxylic acids is 2. The van der Waals surface area contributed by atoms with Gasteiger partial charge < -0.3 is 25.1 Å². The molecule has 0 saturated carbocycles. The summed E-state index contributed by atoms with van der Waals surface area (Å²) in [5.74, 6) is 0.00807. The maximum atomic E-state index is 12.5. The number of carbonyl (C=O) groups is 2. The van der Waals surface area contributed by atoms with Crippen LogP contribution in [-0.4, -0.2) is 98.9 Å². The van der Waals surface area contributed by atoms with E-state index in [1.165, 1.54) is 27.4 Å². The van der Waals surface area contributed by atoms with E-state index >= 15 is 0 Å². The topological polar surface area (TPSA) is 91.7 Å². The van der Waals surface area contributed by atoms with Crippen LogP contribution in [0.3, 0.4) is 0 Å². The van der Waals surface area contributed by atoms with E-state index in [1.807, 2.05) is 37.3 Å². The lowest BCUT2D eigenvalue weighted by atomic mass is 9.94. The minimum atomic E-state index is 0.00807. The van der Waals surface area contributed by atoms with Crippen LogP contribution < -0.4 is 10.6 Å². The van der Waals surface area contributed by atoms with Gasteiger partial charge in [0.15, 0.2) is 0 Å². The molecule has 0 bridgehead atoms. The SMILES string of the molecule is C=O.CNCCN(C)CCc1nn(-c2ccc(NC(=O)CN3CCOCC3)cc2)c2c1CCc1sccc1-2. The second-order valence-electron chi connectivity index (χ2n) is 9.58. The van der Waals surface area contributed by atoms with Gasteiger partial charge in [0, 0.05) is 60.8 Å². The number of nitrogens with one attached hydrogen (secondary N) is 2. The molecule has 3 heterocycles. The molecule has 2 aromatic heterocycles. The van der Waals surface area contributed by atoms with E-state index in [9.17, 15) is 4.79 Å². The number of thiophene rings is 1. The quantitative estimate of drug-likeness (QED) is 0.410. The molecule has 1 saturated heterocycles. The van der Waals surface area contributed by atoms with E-state index in [0.717, 1.165) is 63.4 Å². The number of aryl methyl sites for hydroxylation is 1. The summed E-state index contributed by atoms with van der Waals surface area (Å²) in [5.41, 5.74) is 6.94. The molecule has 1 aromatic carbocycles. The van der Waals surface area contributed by atoms with E-state index in [2.05, 4.69) is 55.7 Å². The van der Waals surface area contributed by atoms with E-state index in [0.29, 0.717) is 19.8 Å². The van der Waals surface area contributed by atoms with Crippen molar-refractivity contribution in [3.63, 3.8) is 0 Å². The summed E-state index contributed by atoms with van der Waals surface area (Å²) >= 11 is 1.84. The van der Waals surface area contributed by atoms with Crippen LogP contribution in [0.4, 0.5) is 5.69 Å². The molecule has 3 aromatic rings. The number of fused-ring (bicyclic) bond motifs is 3. The molecule has 1 fully saturated rings. The summed E-state index contributed by atoms with van der Waals surface area (Å²) in [5, 5.41) is 13.6. The third kappa shape index (κ3) is 6.75. The Kier molecular flexibility index (Phi) is 10.2. The lowest BCUT2D eigenvalue weighted by molar-refractivity contribution is -0.118. The maximum absolute atomic E-state index is 12.5. The molecule has 0 spiro atoms. The number of aromatic nitrogens is 2. The van der Waals surface area contributed by atoms with Gasteiger partial charge in [-0.05, 0) is 62.6 Å². The summed E-state index contributed by atoms with van der Waals surface area (Å²) < 4.78 is 7.48. The van der Waals surface area contributed by atoms with Gasteiger partial charge in [0.1, 0.15) is 6.79 Å². The van der Waals surface area contributed by atoms with Crippen molar-refractivity contribution in [3.05, 3.63) is 51.8 Å². The van der Waals surface area contributed by atoms with Crippen molar-refractivity contribution in [3.8, 4) is 16.9 Å². The van der Waals surface area contributed by atoms with E-state index < -0.39 is 0 Å². The highest BCUT2D eigenvalue weighted by Crippen LogP contribution is 2.39. The van der Waals surface area contributed by atoms with Gasteiger partial charge >= 0.3 is 0 Å². The minimum Gasteiger partial charge on any atom is -0.379 e. The van der Waals surface area contributed by atoms with Gasteiger partial charge in [0.25, 0.3) is 0 Å². The molecule has 0 atom stereocenters. The number of hydrogen-bond acceptors (Lipinski definition) is 8. The first kappa shape index (κ1) is 28.1. The third-order valence-corrected chi connectivity index (χ3v) is 7.99. The molecule has 2 aliphatic rings. The first-order valence-corrected chi connectivity index (χ1v) is 14.0. The van der Waals surface area contributed by atoms with Crippen molar-refractivity contribution in [1.29, 1.82) is 0 Å². The Morgan fingerprint density at radius 2 is 1.89 bits per heavy atom. The zero-order valence-electron chi connectivity index (χ0n) is 22.4. The standard InChI is InChI=1S/C27H36N6O2S.CH2O/c1-28-11-13-31(2)12-9-24-22-7-8-25-23(10-18-36-25)27(22)33(30-24)21-5-3-20(4-6-21)29-26(34)19-32-14-16-35-17-15-32;1-2/h3-6,10,18,28H,7-9,11-17,19H2,1-2H3,(H,29,34);1H2. The number of amides is 1. The predicted octanol–water partition coefficient (Wildman–Crippen LogP) is 2.48. The number of benzene rings is 1. The second-order valence-corrected chi connectivity index (χ2v) is 10.6. The van der Waals surface area contributed by atoms with Gasteiger partial charge in [-0.25, -0.2) is 4.68 Å². The van der Waals surface area contributed by atoms with Gasteiger partial charge in [0.05, 0.1) is 36.8 Å². The van der Waals surface area contributed by atoms with Crippen LogP contribution in [0, 0.1) is 0 Å². The van der Waals surface area contributed by atoms with Crippen molar-refractivity contribution < 1.29 is 14.3 Å². The Morgan fingerprint density at radius 1 is 1.13 bits per heavy atom. The highest BCUT2D eigenvalue weighted by molar-refractivity contribution is 7.10. The van der Waals surface area contributed by atoms with Crippen LogP contribution in [0.15, 0.2) is 35.7 Å². The molecular weight excluding hydrogens is 500 g/mol. The number of hydrogen-bond donors (Lipinski definition) is 2. The fraction of sp³-hybridized carbons (Fsp3) is 0.464. The molecule has 0 unspecified atom stereocenters. The van der Waals surface area contributed by atoms with Crippen LogP contribution in [0.5, 0.6) is 0 Å². The van der Waals surface area contributed by atoms with Crippen molar-refractivity contribution in [2.75, 3.05) is 71.9 Å². The number of nitrogens with zero attached hydrogens (tertiary/aromatic N) is 4. The van der Waals surface area contributed by atoms with Gasteiger partial charge in [0.2, 0.25) is 5.91 Å². The number of rotatable bonds is 10. The van der Waals surface area contributed by atoms with Crippen LogP contribution in [0.1, 0.15) is 16.1 Å². The Balaban J connectivity index is 0.00000164. The Morgan fingerprint density at radius 3 is 2.63 bits per heavy atom. The van der Waals surface area contributed by atoms with Crippen molar-refractivity contribution in [2.45, 2.75) is 19.3 Å². The summed E-state index contributed by atoms with van der Waals surface area (Å²) in [6, 6.07) is 10.3. The van der Waals surface area contributed by atoms with Crippen molar-refractivity contribution >= 4 is 29.7 Å². The van der Waals surface area contributed by atoms with Crippen LogP contribution in [-0.2, 0) is 33.6 Å². The monoisotopic (exact) mass is 538 g/mol. The molecule has 5 rings (SSSR count). The summed E-state index contributed by atoms with van der Waals surface area (Å²) in [7, 11) is 4.16. The molecule has 204 valence electrons. The predicted molar refractivity (Wildman–Crippen MR) is 152 cm³/mol. The number of likely N-dealkylation sites (N-methyl/N-ethyl adjacent to an activating group) is 2. The summed E-state index contributed by atoms with van der Waals surface area (Å²) in [4.78, 5) is 26.4. The van der Waals surface area contributed by atoms with E-state index in [1.54, 1.807) is 0 Å². The maximum Gasteiger partial charge on any atom is 0.238 e. The molecule has 38 heavy (non-hydrogen) atoms. The van der Waals surface area contributed by atoms with Crippen LogP contribution >= 0.6 is 11.3 Å². The number of ether oxygens (including phenoxy) is 1. The van der Waals surface area contributed by atoms with E-state index in [-0.39, 0.29) is 5.91 Å². The smallest absolute Gasteiger partial charge is 0.238 e. The number of anilines is 1. The molecule has 1 amide bonds. The van der Waals surface area contributed by atoms with E-state index in [4.69, 9.17) is 14.6 Å². The molecule has 1 aliphatic heterocycles. The van der Waals surface area contributed by atoms with Crippen LogP contribution in [0.2, 0.25) is 0 Å². The first-order chi connectivity index (χ1) is 18.6. The molecule has 0 radical (unpaired) electrons. The highest BCUT2D eigenvalue weighted by Gasteiger charge is 2.26. The van der Waals surface area contributed by atoms with Crippen molar-refractivity contribution in [1.82, 2.24) is 24.9 Å². The summed E-state index contributed by atoms with van der Waals surface area (Å²) in [6.07, 6.45) is 3.06. The van der Waals surface area contributed by atoms with Gasteiger partial charge in [-0.3, -0.25) is 9.69 Å². The molecule has 2 N–H and O–H groups in total. The van der Waals surface area contributed by atoms with Gasteiger partial charge in [-0.1, -0.05) is 0 Å². The summed E-state index contributed by atoms with van der Waals surface area (Å²) in [6.45, 7) is 8.36. The second kappa shape index (κ2) is 13.8. The van der Waals surface area contributed by atoms with Crippen molar-refractivity contribution in [2.24, 2.45) is 0 Å². The first-order valence-electron chi connectivity index (χ1n) is 13.1. The zero-order valence-corrected chi connectivity index (χ0v) is 23.2. The van der Waals surface area contributed by atoms with Gasteiger partial charge in [-0.15, -0.1) is 11.3 Å². The van der Waals surface area contributed by atoms with Gasteiger partial charge in [-0.2, -0.15) is 5.10 Å². The Hall–Kier alpha value is -2.89. The number of morpholine rings is 1. The minimum absolute atomic E-state index is 0.00807. The zero-order chi connectivity index (χ0) is 26.9. The average molecular weight is 539 g/mol.